The second-order valence-corrected chi connectivity index (χ2v) is 4.64. The Balaban J connectivity index is 2.01. The highest BCUT2D eigenvalue weighted by atomic mass is 16.5. The molecule has 2 heteroatoms. The Morgan fingerprint density at radius 2 is 2.27 bits per heavy atom. The second-order valence-electron chi connectivity index (χ2n) is 4.64. The summed E-state index contributed by atoms with van der Waals surface area (Å²) in [6, 6.07) is 0. The molecule has 0 amide bonds. The molecule has 1 fully saturated rings. The minimum Gasteiger partial charge on any atom is -0.501 e. The minimum absolute atomic E-state index is 0.766. The Morgan fingerprint density at radius 3 is 3.07 bits per heavy atom. The molecule has 1 heterocycles. The Kier molecular flexibility index (Phi) is 6.49. The zero-order chi connectivity index (χ0) is 10.9. The zero-order valence-corrected chi connectivity index (χ0v) is 10.1. The quantitative estimate of drug-likeness (QED) is 0.513. The van der Waals surface area contributed by atoms with Crippen molar-refractivity contribution in [1.82, 2.24) is 0 Å². The summed E-state index contributed by atoms with van der Waals surface area (Å²) in [5.41, 5.74) is 1.23. The SMILES string of the molecule is CC(C)=COCCCC1CCCCOC1. The topological polar surface area (TPSA) is 18.5 Å². The fourth-order valence-corrected chi connectivity index (χ4v) is 1.88. The molecule has 0 aromatic carbocycles. The van der Waals surface area contributed by atoms with Gasteiger partial charge in [0, 0.05) is 13.2 Å². The summed E-state index contributed by atoms with van der Waals surface area (Å²) < 4.78 is 11.0. The van der Waals surface area contributed by atoms with Gasteiger partial charge < -0.3 is 9.47 Å². The van der Waals surface area contributed by atoms with Gasteiger partial charge in [0.25, 0.3) is 0 Å². The van der Waals surface area contributed by atoms with E-state index in [0.717, 1.165) is 32.2 Å². The van der Waals surface area contributed by atoms with E-state index in [0.29, 0.717) is 0 Å². The van der Waals surface area contributed by atoms with E-state index in [9.17, 15) is 0 Å². The summed E-state index contributed by atoms with van der Waals surface area (Å²) in [6.45, 7) is 6.88. The maximum atomic E-state index is 5.55. The lowest BCUT2D eigenvalue weighted by Crippen LogP contribution is -2.07. The van der Waals surface area contributed by atoms with Crippen LogP contribution in [0.5, 0.6) is 0 Å². The third-order valence-electron chi connectivity index (χ3n) is 2.70. The number of ether oxygens (including phenoxy) is 2. The van der Waals surface area contributed by atoms with Gasteiger partial charge in [-0.2, -0.15) is 0 Å². The fourth-order valence-electron chi connectivity index (χ4n) is 1.88. The molecule has 1 atom stereocenters. The highest BCUT2D eigenvalue weighted by molar-refractivity contribution is 4.86. The smallest absolute Gasteiger partial charge is 0.0873 e. The van der Waals surface area contributed by atoms with Gasteiger partial charge in [0.2, 0.25) is 0 Å². The molecule has 1 aliphatic rings. The molecule has 0 radical (unpaired) electrons. The summed E-state index contributed by atoms with van der Waals surface area (Å²) in [5, 5.41) is 0. The van der Waals surface area contributed by atoms with Gasteiger partial charge in [-0.15, -0.1) is 0 Å². The average molecular weight is 212 g/mol. The van der Waals surface area contributed by atoms with Crippen molar-refractivity contribution >= 4 is 0 Å². The molecule has 0 aliphatic carbocycles. The summed E-state index contributed by atoms with van der Waals surface area (Å²) in [6.07, 6.45) is 8.16. The molecule has 0 spiro atoms. The fraction of sp³-hybridized carbons (Fsp3) is 0.846. The molecule has 0 aromatic heterocycles. The van der Waals surface area contributed by atoms with Crippen molar-refractivity contribution in [3.8, 4) is 0 Å². The molecule has 0 saturated carbocycles. The second kappa shape index (κ2) is 7.75. The van der Waals surface area contributed by atoms with E-state index < -0.39 is 0 Å². The van der Waals surface area contributed by atoms with Gasteiger partial charge in [-0.1, -0.05) is 6.42 Å². The number of hydrogen-bond acceptors (Lipinski definition) is 2. The normalized spacial score (nSPS) is 21.9. The Labute approximate surface area is 93.7 Å². The largest absolute Gasteiger partial charge is 0.501 e. The van der Waals surface area contributed by atoms with Crippen molar-refractivity contribution < 1.29 is 9.47 Å². The number of allylic oxidation sites excluding steroid dienone is 1. The molecule has 2 nitrogen and oxygen atoms in total. The Hall–Kier alpha value is -0.500. The lowest BCUT2D eigenvalue weighted by Gasteiger charge is -2.12. The van der Waals surface area contributed by atoms with Gasteiger partial charge in [0.05, 0.1) is 12.9 Å². The van der Waals surface area contributed by atoms with Crippen LogP contribution in [0.2, 0.25) is 0 Å². The van der Waals surface area contributed by atoms with E-state index in [1.54, 1.807) is 0 Å². The van der Waals surface area contributed by atoms with Crippen molar-refractivity contribution in [2.24, 2.45) is 5.92 Å². The van der Waals surface area contributed by atoms with E-state index in [-0.39, 0.29) is 0 Å². The summed E-state index contributed by atoms with van der Waals surface area (Å²) >= 11 is 0. The third kappa shape index (κ3) is 6.56. The highest BCUT2D eigenvalue weighted by Crippen LogP contribution is 2.18. The minimum atomic E-state index is 0.766. The van der Waals surface area contributed by atoms with E-state index in [2.05, 4.69) is 13.8 Å². The molecule has 1 aliphatic heterocycles. The molecule has 15 heavy (non-hydrogen) atoms. The first kappa shape index (κ1) is 12.6. The van der Waals surface area contributed by atoms with Crippen molar-refractivity contribution in [3.63, 3.8) is 0 Å². The number of rotatable bonds is 5. The van der Waals surface area contributed by atoms with Crippen LogP contribution in [0.25, 0.3) is 0 Å². The number of hydrogen-bond donors (Lipinski definition) is 0. The van der Waals surface area contributed by atoms with E-state index in [4.69, 9.17) is 9.47 Å². The Bertz CT molecular complexity index is 175. The first-order valence-corrected chi connectivity index (χ1v) is 6.12. The molecular weight excluding hydrogens is 188 g/mol. The van der Waals surface area contributed by atoms with E-state index in [1.165, 1.54) is 31.3 Å². The predicted molar refractivity (Wildman–Crippen MR) is 62.8 cm³/mol. The van der Waals surface area contributed by atoms with Crippen LogP contribution in [0, 0.1) is 5.92 Å². The van der Waals surface area contributed by atoms with Crippen molar-refractivity contribution in [2.75, 3.05) is 19.8 Å². The van der Waals surface area contributed by atoms with Crippen LogP contribution in [-0.2, 0) is 9.47 Å². The van der Waals surface area contributed by atoms with Gasteiger partial charge in [-0.25, -0.2) is 0 Å². The van der Waals surface area contributed by atoms with Crippen molar-refractivity contribution in [2.45, 2.75) is 46.0 Å². The van der Waals surface area contributed by atoms with Gasteiger partial charge >= 0.3 is 0 Å². The average Bonchev–Trinajstić information content (AvgIpc) is 2.45. The molecule has 1 rings (SSSR count). The molecule has 0 aromatic rings. The molecule has 0 bridgehead atoms. The summed E-state index contributed by atoms with van der Waals surface area (Å²) in [5.74, 6) is 0.766. The summed E-state index contributed by atoms with van der Waals surface area (Å²) in [7, 11) is 0. The van der Waals surface area contributed by atoms with Crippen LogP contribution >= 0.6 is 0 Å². The molecular formula is C13H24O2. The summed E-state index contributed by atoms with van der Waals surface area (Å²) in [4.78, 5) is 0. The lowest BCUT2D eigenvalue weighted by molar-refractivity contribution is 0.109. The van der Waals surface area contributed by atoms with Crippen LogP contribution in [0.3, 0.4) is 0 Å². The van der Waals surface area contributed by atoms with E-state index in [1.807, 2.05) is 6.26 Å². The van der Waals surface area contributed by atoms with Crippen LogP contribution in [0.15, 0.2) is 11.8 Å². The third-order valence-corrected chi connectivity index (χ3v) is 2.70. The monoisotopic (exact) mass is 212 g/mol. The zero-order valence-electron chi connectivity index (χ0n) is 10.1. The first-order valence-electron chi connectivity index (χ1n) is 6.12. The van der Waals surface area contributed by atoms with Crippen LogP contribution < -0.4 is 0 Å². The van der Waals surface area contributed by atoms with Crippen LogP contribution in [0.4, 0.5) is 0 Å². The molecule has 0 N–H and O–H groups in total. The van der Waals surface area contributed by atoms with Gasteiger partial charge in [0.1, 0.15) is 0 Å². The van der Waals surface area contributed by atoms with Gasteiger partial charge in [0.15, 0.2) is 0 Å². The van der Waals surface area contributed by atoms with E-state index >= 15 is 0 Å². The van der Waals surface area contributed by atoms with Gasteiger partial charge in [-0.05, 0) is 51.0 Å². The van der Waals surface area contributed by atoms with Crippen LogP contribution in [0.1, 0.15) is 46.0 Å². The maximum Gasteiger partial charge on any atom is 0.0873 e. The van der Waals surface area contributed by atoms with Gasteiger partial charge in [-0.3, -0.25) is 0 Å². The molecule has 88 valence electrons. The van der Waals surface area contributed by atoms with Crippen molar-refractivity contribution in [3.05, 3.63) is 11.8 Å². The predicted octanol–water partition coefficient (Wildman–Crippen LogP) is 3.52. The molecule has 1 unspecified atom stereocenters. The molecule has 1 saturated heterocycles. The van der Waals surface area contributed by atoms with Crippen molar-refractivity contribution in [1.29, 1.82) is 0 Å². The van der Waals surface area contributed by atoms with Crippen LogP contribution in [-0.4, -0.2) is 19.8 Å². The maximum absolute atomic E-state index is 5.55. The lowest BCUT2D eigenvalue weighted by atomic mass is 9.99. The Morgan fingerprint density at radius 1 is 1.40 bits per heavy atom. The highest BCUT2D eigenvalue weighted by Gasteiger charge is 2.11. The standard InChI is InChI=1S/C13H24O2/c1-12(2)10-14-9-5-7-13-6-3-4-8-15-11-13/h10,13H,3-9,11H2,1-2H3. The first-order chi connectivity index (χ1) is 7.29.